The van der Waals surface area contributed by atoms with E-state index in [0.717, 1.165) is 0 Å². The molecular weight excluding hydrogens is 214 g/mol. The zero-order chi connectivity index (χ0) is 12.3. The quantitative estimate of drug-likeness (QED) is 0.878. The van der Waals surface area contributed by atoms with Crippen LogP contribution in [0.1, 0.15) is 35.8 Å². The monoisotopic (exact) mass is 231 g/mol. The zero-order valence-electron chi connectivity index (χ0n) is 10.4. The van der Waals surface area contributed by atoms with E-state index in [-0.39, 0.29) is 6.04 Å². The van der Waals surface area contributed by atoms with E-state index in [9.17, 15) is 0 Å². The van der Waals surface area contributed by atoms with Crippen LogP contribution in [0.4, 0.5) is 0 Å². The molecule has 1 N–H and O–H groups in total. The van der Waals surface area contributed by atoms with Crippen LogP contribution in [-0.4, -0.2) is 10.1 Å². The third-order valence-electron chi connectivity index (χ3n) is 2.79. The largest absolute Gasteiger partial charge is 0.340 e. The van der Waals surface area contributed by atoms with E-state index in [4.69, 9.17) is 4.52 Å². The Kier molecular flexibility index (Phi) is 3.54. The Morgan fingerprint density at radius 1 is 1.29 bits per heavy atom. The number of nitrogens with zero attached hydrogens (tertiary/aromatic N) is 2. The molecule has 0 radical (unpaired) electrons. The molecule has 1 aromatic carbocycles. The topological polar surface area (TPSA) is 51.0 Å². The number of benzene rings is 1. The molecule has 0 spiro atoms. The normalized spacial score (nSPS) is 12.6. The predicted molar refractivity (Wildman–Crippen MR) is 65.5 cm³/mol. The maximum atomic E-state index is 4.93. The highest BCUT2D eigenvalue weighted by Gasteiger charge is 2.09. The first kappa shape index (κ1) is 11.8. The second-order valence-electron chi connectivity index (χ2n) is 4.19. The van der Waals surface area contributed by atoms with Crippen LogP contribution < -0.4 is 5.32 Å². The summed E-state index contributed by atoms with van der Waals surface area (Å²) in [5, 5.41) is 7.24. The molecule has 2 aromatic rings. The van der Waals surface area contributed by atoms with Crippen molar-refractivity contribution >= 4 is 0 Å². The molecule has 0 aliphatic heterocycles. The van der Waals surface area contributed by atoms with E-state index >= 15 is 0 Å². The van der Waals surface area contributed by atoms with E-state index in [1.807, 2.05) is 6.07 Å². The first-order valence-corrected chi connectivity index (χ1v) is 5.75. The average Bonchev–Trinajstić information content (AvgIpc) is 2.73. The summed E-state index contributed by atoms with van der Waals surface area (Å²) in [5.41, 5.74) is 2.59. The summed E-state index contributed by atoms with van der Waals surface area (Å²) >= 11 is 0. The molecule has 0 unspecified atom stereocenters. The minimum absolute atomic E-state index is 0.273. The van der Waals surface area contributed by atoms with Crippen molar-refractivity contribution in [1.82, 2.24) is 15.5 Å². The number of rotatable bonds is 4. The van der Waals surface area contributed by atoms with Crippen LogP contribution >= 0.6 is 0 Å². The van der Waals surface area contributed by atoms with E-state index in [1.165, 1.54) is 11.1 Å². The summed E-state index contributed by atoms with van der Waals surface area (Å²) in [5.74, 6) is 1.30. The first-order chi connectivity index (χ1) is 8.16. The number of aromatic nitrogens is 2. The van der Waals surface area contributed by atoms with Gasteiger partial charge in [0.25, 0.3) is 0 Å². The number of aryl methyl sites for hydroxylation is 2. The van der Waals surface area contributed by atoms with Gasteiger partial charge in [0, 0.05) is 13.0 Å². The van der Waals surface area contributed by atoms with Crippen LogP contribution in [0.2, 0.25) is 0 Å². The lowest BCUT2D eigenvalue weighted by Crippen LogP contribution is -2.19. The summed E-state index contributed by atoms with van der Waals surface area (Å²) in [6.45, 7) is 6.66. The maximum Gasteiger partial charge on any atom is 0.223 e. The van der Waals surface area contributed by atoms with Crippen molar-refractivity contribution in [1.29, 1.82) is 0 Å². The number of nitrogens with one attached hydrogen (secondary N) is 1. The fraction of sp³-hybridized carbons (Fsp3) is 0.385. The average molecular weight is 231 g/mol. The van der Waals surface area contributed by atoms with Gasteiger partial charge < -0.3 is 9.84 Å². The van der Waals surface area contributed by atoms with Gasteiger partial charge in [-0.3, -0.25) is 0 Å². The van der Waals surface area contributed by atoms with Gasteiger partial charge in [0.2, 0.25) is 5.89 Å². The van der Waals surface area contributed by atoms with Gasteiger partial charge in [-0.15, -0.1) is 0 Å². The standard InChI is InChI=1S/C13H17N3O/c1-9-6-4-5-7-12(9)10(2)14-8-13-15-11(3)17-16-13/h4-7,10,14H,8H2,1-3H3/t10-/m1/s1. The van der Waals surface area contributed by atoms with Gasteiger partial charge in [-0.05, 0) is 25.0 Å². The highest BCUT2D eigenvalue weighted by molar-refractivity contribution is 5.28. The molecule has 90 valence electrons. The van der Waals surface area contributed by atoms with Crippen molar-refractivity contribution in [3.63, 3.8) is 0 Å². The Balaban J connectivity index is 1.98. The second-order valence-corrected chi connectivity index (χ2v) is 4.19. The lowest BCUT2D eigenvalue weighted by atomic mass is 10.0. The second kappa shape index (κ2) is 5.10. The van der Waals surface area contributed by atoms with Crippen molar-refractivity contribution in [3.8, 4) is 0 Å². The van der Waals surface area contributed by atoms with Crippen LogP contribution in [0.5, 0.6) is 0 Å². The third kappa shape index (κ3) is 2.91. The molecule has 1 aromatic heterocycles. The zero-order valence-corrected chi connectivity index (χ0v) is 10.4. The van der Waals surface area contributed by atoms with E-state index in [1.54, 1.807) is 6.92 Å². The molecule has 0 fully saturated rings. The van der Waals surface area contributed by atoms with Crippen molar-refractivity contribution in [2.24, 2.45) is 0 Å². The van der Waals surface area contributed by atoms with Crippen LogP contribution in [0.25, 0.3) is 0 Å². The third-order valence-corrected chi connectivity index (χ3v) is 2.79. The van der Waals surface area contributed by atoms with E-state index in [0.29, 0.717) is 18.3 Å². The lowest BCUT2D eigenvalue weighted by Gasteiger charge is -2.15. The minimum Gasteiger partial charge on any atom is -0.340 e. The van der Waals surface area contributed by atoms with Crippen molar-refractivity contribution in [2.45, 2.75) is 33.4 Å². The van der Waals surface area contributed by atoms with Gasteiger partial charge >= 0.3 is 0 Å². The Labute approximate surface area is 101 Å². The van der Waals surface area contributed by atoms with Crippen LogP contribution in [0.3, 0.4) is 0 Å². The molecule has 1 atom stereocenters. The van der Waals surface area contributed by atoms with Gasteiger partial charge in [0.1, 0.15) is 0 Å². The Morgan fingerprint density at radius 3 is 2.71 bits per heavy atom. The van der Waals surface area contributed by atoms with E-state index in [2.05, 4.69) is 47.5 Å². The fourth-order valence-electron chi connectivity index (χ4n) is 1.84. The highest BCUT2D eigenvalue weighted by atomic mass is 16.5. The molecule has 0 amide bonds. The molecular formula is C13H17N3O. The van der Waals surface area contributed by atoms with Crippen LogP contribution in [0, 0.1) is 13.8 Å². The molecule has 2 rings (SSSR count). The maximum absolute atomic E-state index is 4.93. The van der Waals surface area contributed by atoms with Gasteiger partial charge in [0.15, 0.2) is 5.82 Å². The molecule has 17 heavy (non-hydrogen) atoms. The molecule has 4 heteroatoms. The summed E-state index contributed by atoms with van der Waals surface area (Å²) in [6.07, 6.45) is 0. The van der Waals surface area contributed by atoms with Crippen molar-refractivity contribution < 1.29 is 4.52 Å². The minimum atomic E-state index is 0.273. The number of hydrogen-bond donors (Lipinski definition) is 1. The van der Waals surface area contributed by atoms with Crippen LogP contribution in [0.15, 0.2) is 28.8 Å². The molecule has 0 saturated heterocycles. The smallest absolute Gasteiger partial charge is 0.223 e. The summed E-state index contributed by atoms with van der Waals surface area (Å²) in [6, 6.07) is 8.63. The first-order valence-electron chi connectivity index (χ1n) is 5.75. The van der Waals surface area contributed by atoms with Gasteiger partial charge in [-0.1, -0.05) is 29.4 Å². The Hall–Kier alpha value is -1.68. The number of hydrogen-bond acceptors (Lipinski definition) is 4. The molecule has 0 aliphatic rings. The van der Waals surface area contributed by atoms with Gasteiger partial charge in [0.05, 0.1) is 6.54 Å². The van der Waals surface area contributed by atoms with Gasteiger partial charge in [-0.25, -0.2) is 0 Å². The van der Waals surface area contributed by atoms with Crippen molar-refractivity contribution in [2.75, 3.05) is 0 Å². The molecule has 4 nitrogen and oxygen atoms in total. The van der Waals surface area contributed by atoms with E-state index < -0.39 is 0 Å². The van der Waals surface area contributed by atoms with Crippen molar-refractivity contribution in [3.05, 3.63) is 47.1 Å². The summed E-state index contributed by atoms with van der Waals surface area (Å²) in [7, 11) is 0. The fourth-order valence-corrected chi connectivity index (χ4v) is 1.84. The molecule has 0 bridgehead atoms. The lowest BCUT2D eigenvalue weighted by molar-refractivity contribution is 0.384. The summed E-state index contributed by atoms with van der Waals surface area (Å²) in [4.78, 5) is 4.16. The molecule has 0 saturated carbocycles. The molecule has 0 aliphatic carbocycles. The van der Waals surface area contributed by atoms with Crippen LogP contribution in [-0.2, 0) is 6.54 Å². The predicted octanol–water partition coefficient (Wildman–Crippen LogP) is 2.54. The highest BCUT2D eigenvalue weighted by Crippen LogP contribution is 2.16. The van der Waals surface area contributed by atoms with Gasteiger partial charge in [-0.2, -0.15) is 4.98 Å². The Bertz CT molecular complexity index is 493. The summed E-state index contributed by atoms with van der Waals surface area (Å²) < 4.78 is 4.93. The molecule has 1 heterocycles. The SMILES string of the molecule is Cc1nc(CN[C@H](C)c2ccccc2C)no1. The Morgan fingerprint density at radius 2 is 2.06 bits per heavy atom.